The van der Waals surface area contributed by atoms with Gasteiger partial charge in [-0.05, 0) is 23.4 Å². The third-order valence-electron chi connectivity index (χ3n) is 3.30. The predicted octanol–water partition coefficient (Wildman–Crippen LogP) is 3.29. The summed E-state index contributed by atoms with van der Waals surface area (Å²) < 4.78 is 5.39. The van der Waals surface area contributed by atoms with Crippen molar-refractivity contribution in [2.75, 3.05) is 6.54 Å². The fourth-order valence-electron chi connectivity index (χ4n) is 2.12. The summed E-state index contributed by atoms with van der Waals surface area (Å²) in [4.78, 5) is 5.77. The zero-order chi connectivity index (χ0) is 14.6. The van der Waals surface area contributed by atoms with Crippen LogP contribution >= 0.6 is 11.3 Å². The van der Waals surface area contributed by atoms with Crippen LogP contribution in [0, 0.1) is 5.41 Å². The maximum atomic E-state index is 5.39. The first kappa shape index (κ1) is 15.2. The minimum atomic E-state index is 0.165. The summed E-state index contributed by atoms with van der Waals surface area (Å²) in [5, 5.41) is 9.65. The second kappa shape index (κ2) is 6.50. The van der Waals surface area contributed by atoms with E-state index in [4.69, 9.17) is 4.52 Å². The molecule has 4 nitrogen and oxygen atoms in total. The Morgan fingerprint density at radius 2 is 2.20 bits per heavy atom. The van der Waals surface area contributed by atoms with Gasteiger partial charge in [0.2, 0.25) is 5.89 Å². The van der Waals surface area contributed by atoms with Crippen LogP contribution in [0.3, 0.4) is 0 Å². The quantitative estimate of drug-likeness (QED) is 0.888. The lowest BCUT2D eigenvalue weighted by atomic mass is 9.84. The average molecular weight is 293 g/mol. The molecule has 1 N–H and O–H groups in total. The van der Waals surface area contributed by atoms with Gasteiger partial charge in [0.15, 0.2) is 5.82 Å². The van der Waals surface area contributed by atoms with Crippen LogP contribution in [0.15, 0.2) is 22.0 Å². The highest BCUT2D eigenvalue weighted by Crippen LogP contribution is 2.22. The van der Waals surface area contributed by atoms with Gasteiger partial charge >= 0.3 is 0 Å². The lowest BCUT2D eigenvalue weighted by Gasteiger charge is -2.30. The molecule has 1 unspecified atom stereocenters. The molecule has 0 saturated carbocycles. The number of nitrogens with zero attached hydrogens (tertiary/aromatic N) is 2. The van der Waals surface area contributed by atoms with E-state index in [2.05, 4.69) is 54.6 Å². The van der Waals surface area contributed by atoms with Crippen LogP contribution in [0.4, 0.5) is 0 Å². The van der Waals surface area contributed by atoms with E-state index in [1.54, 1.807) is 11.3 Å². The highest BCUT2D eigenvalue weighted by Gasteiger charge is 2.26. The summed E-state index contributed by atoms with van der Waals surface area (Å²) in [7, 11) is 0. The maximum absolute atomic E-state index is 5.39. The minimum Gasteiger partial charge on any atom is -0.339 e. The Kier molecular flexibility index (Phi) is 4.94. The molecular formula is C15H23N3OS. The molecule has 5 heteroatoms. The molecule has 2 heterocycles. The van der Waals surface area contributed by atoms with Gasteiger partial charge < -0.3 is 9.84 Å². The van der Waals surface area contributed by atoms with Gasteiger partial charge in [-0.1, -0.05) is 38.9 Å². The van der Waals surface area contributed by atoms with Gasteiger partial charge in [0.05, 0.1) is 0 Å². The molecule has 0 aromatic carbocycles. The predicted molar refractivity (Wildman–Crippen MR) is 82.0 cm³/mol. The van der Waals surface area contributed by atoms with Gasteiger partial charge in [-0.3, -0.25) is 0 Å². The maximum Gasteiger partial charge on any atom is 0.228 e. The topological polar surface area (TPSA) is 51.0 Å². The molecule has 0 saturated heterocycles. The van der Waals surface area contributed by atoms with Crippen molar-refractivity contribution >= 4 is 11.3 Å². The summed E-state index contributed by atoms with van der Waals surface area (Å²) in [6.45, 7) is 9.74. The standard InChI is InChI=1S/C15H23N3OS/c1-5-16-12(15(2,3)4)10-14-17-13(18-19-14)9-11-7-6-8-20-11/h6-8,12,16H,5,9-10H2,1-4H3. The van der Waals surface area contributed by atoms with Crippen LogP contribution in [-0.4, -0.2) is 22.7 Å². The molecule has 0 spiro atoms. The van der Waals surface area contributed by atoms with Gasteiger partial charge in [0.25, 0.3) is 0 Å². The van der Waals surface area contributed by atoms with Gasteiger partial charge in [-0.25, -0.2) is 0 Å². The molecular weight excluding hydrogens is 270 g/mol. The van der Waals surface area contributed by atoms with E-state index in [1.807, 2.05) is 6.07 Å². The van der Waals surface area contributed by atoms with E-state index in [-0.39, 0.29) is 5.41 Å². The van der Waals surface area contributed by atoms with Crippen LogP contribution in [0.25, 0.3) is 0 Å². The van der Waals surface area contributed by atoms with E-state index in [1.165, 1.54) is 4.88 Å². The van der Waals surface area contributed by atoms with E-state index in [0.29, 0.717) is 6.04 Å². The first-order valence-electron chi connectivity index (χ1n) is 7.06. The lowest BCUT2D eigenvalue weighted by Crippen LogP contribution is -2.41. The fraction of sp³-hybridized carbons (Fsp3) is 0.600. The van der Waals surface area contributed by atoms with Gasteiger partial charge in [-0.2, -0.15) is 4.98 Å². The number of hydrogen-bond donors (Lipinski definition) is 1. The fourth-order valence-corrected chi connectivity index (χ4v) is 2.82. The van der Waals surface area contributed by atoms with Crippen molar-refractivity contribution in [2.24, 2.45) is 5.41 Å². The highest BCUT2D eigenvalue weighted by molar-refractivity contribution is 7.09. The SMILES string of the molecule is CCNC(Cc1nc(Cc2cccs2)no1)C(C)(C)C. The van der Waals surface area contributed by atoms with Crippen molar-refractivity contribution in [1.82, 2.24) is 15.5 Å². The second-order valence-electron chi connectivity index (χ2n) is 6.04. The summed E-state index contributed by atoms with van der Waals surface area (Å²) >= 11 is 1.72. The smallest absolute Gasteiger partial charge is 0.228 e. The Bertz CT molecular complexity index is 513. The molecule has 20 heavy (non-hydrogen) atoms. The first-order valence-corrected chi connectivity index (χ1v) is 7.94. The molecule has 1 atom stereocenters. The number of nitrogens with one attached hydrogen (secondary N) is 1. The number of hydrogen-bond acceptors (Lipinski definition) is 5. The molecule has 0 fully saturated rings. The Labute approximate surface area is 124 Å². The Hall–Kier alpha value is -1.20. The third kappa shape index (κ3) is 4.15. The van der Waals surface area contributed by atoms with Crippen LogP contribution in [-0.2, 0) is 12.8 Å². The molecule has 110 valence electrons. The van der Waals surface area contributed by atoms with Gasteiger partial charge in [-0.15, -0.1) is 11.3 Å². The monoisotopic (exact) mass is 293 g/mol. The van der Waals surface area contributed by atoms with Crippen LogP contribution in [0.5, 0.6) is 0 Å². The average Bonchev–Trinajstić information content (AvgIpc) is 3.00. The first-order chi connectivity index (χ1) is 9.49. The largest absolute Gasteiger partial charge is 0.339 e. The molecule has 0 aliphatic carbocycles. The number of rotatable bonds is 6. The Morgan fingerprint density at radius 1 is 1.40 bits per heavy atom. The number of likely N-dealkylation sites (N-methyl/N-ethyl adjacent to an activating group) is 1. The van der Waals surface area contributed by atoms with Gasteiger partial charge in [0.1, 0.15) is 0 Å². The minimum absolute atomic E-state index is 0.165. The van der Waals surface area contributed by atoms with E-state index >= 15 is 0 Å². The molecule has 2 aromatic rings. The highest BCUT2D eigenvalue weighted by atomic mass is 32.1. The number of thiophene rings is 1. The lowest BCUT2D eigenvalue weighted by molar-refractivity contribution is 0.247. The molecule has 2 rings (SSSR count). The van der Waals surface area contributed by atoms with Crippen molar-refractivity contribution in [3.8, 4) is 0 Å². The van der Waals surface area contributed by atoms with E-state index in [9.17, 15) is 0 Å². The van der Waals surface area contributed by atoms with E-state index < -0.39 is 0 Å². The molecule has 0 radical (unpaired) electrons. The zero-order valence-electron chi connectivity index (χ0n) is 12.6. The summed E-state index contributed by atoms with van der Waals surface area (Å²) in [6, 6.07) is 4.47. The van der Waals surface area contributed by atoms with Gasteiger partial charge in [0, 0.05) is 23.8 Å². The summed E-state index contributed by atoms with van der Waals surface area (Å²) in [5.41, 5.74) is 0.165. The normalized spacial score (nSPS) is 13.6. The molecule has 0 bridgehead atoms. The summed E-state index contributed by atoms with van der Waals surface area (Å²) in [6.07, 6.45) is 1.53. The summed E-state index contributed by atoms with van der Waals surface area (Å²) in [5.74, 6) is 1.49. The van der Waals surface area contributed by atoms with Crippen LogP contribution in [0.1, 0.15) is 44.3 Å². The molecule has 0 aliphatic rings. The Balaban J connectivity index is 2.01. The second-order valence-corrected chi connectivity index (χ2v) is 7.07. The number of aromatic nitrogens is 2. The van der Waals surface area contributed by atoms with Crippen molar-refractivity contribution in [3.05, 3.63) is 34.1 Å². The molecule has 0 amide bonds. The van der Waals surface area contributed by atoms with Crippen LogP contribution in [0.2, 0.25) is 0 Å². The van der Waals surface area contributed by atoms with E-state index in [0.717, 1.165) is 31.1 Å². The third-order valence-corrected chi connectivity index (χ3v) is 4.17. The van der Waals surface area contributed by atoms with Crippen molar-refractivity contribution in [2.45, 2.75) is 46.6 Å². The zero-order valence-corrected chi connectivity index (χ0v) is 13.5. The van der Waals surface area contributed by atoms with Crippen LogP contribution < -0.4 is 5.32 Å². The Morgan fingerprint density at radius 3 is 2.80 bits per heavy atom. The van der Waals surface area contributed by atoms with Crippen molar-refractivity contribution < 1.29 is 4.52 Å². The van der Waals surface area contributed by atoms with Crippen molar-refractivity contribution in [3.63, 3.8) is 0 Å². The van der Waals surface area contributed by atoms with Crippen molar-refractivity contribution in [1.29, 1.82) is 0 Å². The molecule has 0 aliphatic heterocycles. The molecule has 2 aromatic heterocycles.